The number of hydroxylamine groups is 2. The Balaban J connectivity index is 2.41. The van der Waals surface area contributed by atoms with E-state index < -0.39 is 23.3 Å². The number of nitrogens with zero attached hydrogens (tertiary/aromatic N) is 1. The molecule has 1 atom stereocenters. The highest BCUT2D eigenvalue weighted by molar-refractivity contribution is 5.33. The molecule has 1 aromatic rings. The van der Waals surface area contributed by atoms with E-state index in [9.17, 15) is 18.4 Å². The van der Waals surface area contributed by atoms with Gasteiger partial charge in [0.15, 0.2) is 0 Å². The lowest BCUT2D eigenvalue weighted by Gasteiger charge is -2.30. The summed E-state index contributed by atoms with van der Waals surface area (Å²) in [5, 5.41) is 11.1. The molecule has 0 aliphatic carbocycles. The van der Waals surface area contributed by atoms with Crippen molar-refractivity contribution in [2.24, 2.45) is 0 Å². The standard InChI is InChI=1S/C13H16F3NO/c1-12(2)8-7-11(17(12)18)9-5-3-4-6-10(9)13(14,15)16/h3-6,11,18H,7-8H2,1-2H3. The van der Waals surface area contributed by atoms with Crippen molar-refractivity contribution >= 4 is 0 Å². The number of benzene rings is 1. The number of rotatable bonds is 1. The number of alkyl halides is 3. The maximum Gasteiger partial charge on any atom is 0.416 e. The Labute approximate surface area is 104 Å². The zero-order chi connectivity index (χ0) is 13.6. The minimum Gasteiger partial charge on any atom is -0.313 e. The second-order valence-corrected chi connectivity index (χ2v) is 5.30. The third kappa shape index (κ3) is 2.24. The molecule has 0 bridgehead atoms. The molecule has 1 heterocycles. The van der Waals surface area contributed by atoms with Crippen LogP contribution in [0.3, 0.4) is 0 Å². The molecule has 100 valence electrons. The summed E-state index contributed by atoms with van der Waals surface area (Å²) >= 11 is 0. The Hall–Kier alpha value is -1.07. The summed E-state index contributed by atoms with van der Waals surface area (Å²) in [6.07, 6.45) is -3.19. The molecule has 1 unspecified atom stereocenters. The molecule has 0 spiro atoms. The zero-order valence-corrected chi connectivity index (χ0v) is 10.3. The van der Waals surface area contributed by atoms with Crippen molar-refractivity contribution in [1.82, 2.24) is 5.06 Å². The molecule has 0 amide bonds. The second kappa shape index (κ2) is 4.24. The molecule has 0 aromatic heterocycles. The van der Waals surface area contributed by atoms with Crippen molar-refractivity contribution in [1.29, 1.82) is 0 Å². The van der Waals surface area contributed by atoms with E-state index in [-0.39, 0.29) is 5.56 Å². The van der Waals surface area contributed by atoms with Gasteiger partial charge in [0.25, 0.3) is 0 Å². The van der Waals surface area contributed by atoms with Crippen molar-refractivity contribution in [2.75, 3.05) is 0 Å². The Morgan fingerprint density at radius 2 is 1.89 bits per heavy atom. The first-order chi connectivity index (χ1) is 8.23. The molecule has 1 saturated heterocycles. The van der Waals surface area contributed by atoms with Gasteiger partial charge in [-0.2, -0.15) is 18.2 Å². The SMILES string of the molecule is CC1(C)CCC(c2ccccc2C(F)(F)F)N1O. The molecule has 18 heavy (non-hydrogen) atoms. The van der Waals surface area contributed by atoms with Gasteiger partial charge < -0.3 is 5.21 Å². The van der Waals surface area contributed by atoms with Crippen LogP contribution in [0.15, 0.2) is 24.3 Å². The minimum atomic E-state index is -4.38. The number of hydrogen-bond donors (Lipinski definition) is 1. The van der Waals surface area contributed by atoms with Crippen LogP contribution >= 0.6 is 0 Å². The van der Waals surface area contributed by atoms with Crippen LogP contribution in [0.25, 0.3) is 0 Å². The summed E-state index contributed by atoms with van der Waals surface area (Å²) in [5.74, 6) is 0. The number of hydrogen-bond acceptors (Lipinski definition) is 2. The van der Waals surface area contributed by atoms with E-state index in [4.69, 9.17) is 0 Å². The molecule has 0 radical (unpaired) electrons. The lowest BCUT2D eigenvalue weighted by Crippen LogP contribution is -2.37. The monoisotopic (exact) mass is 259 g/mol. The van der Waals surface area contributed by atoms with Crippen molar-refractivity contribution in [3.8, 4) is 0 Å². The van der Waals surface area contributed by atoms with Gasteiger partial charge in [-0.05, 0) is 38.3 Å². The van der Waals surface area contributed by atoms with Gasteiger partial charge in [-0.3, -0.25) is 0 Å². The average molecular weight is 259 g/mol. The molecule has 1 aliphatic heterocycles. The molecule has 2 nitrogen and oxygen atoms in total. The lowest BCUT2D eigenvalue weighted by molar-refractivity contribution is -0.169. The molecule has 1 N–H and O–H groups in total. The van der Waals surface area contributed by atoms with Crippen LogP contribution in [-0.4, -0.2) is 15.8 Å². The topological polar surface area (TPSA) is 23.5 Å². The number of halogens is 3. The van der Waals surface area contributed by atoms with E-state index in [0.717, 1.165) is 11.1 Å². The Kier molecular flexibility index (Phi) is 3.15. The first-order valence-corrected chi connectivity index (χ1v) is 5.88. The van der Waals surface area contributed by atoms with E-state index in [2.05, 4.69) is 0 Å². The van der Waals surface area contributed by atoms with Crippen LogP contribution in [0.1, 0.15) is 43.9 Å². The fourth-order valence-corrected chi connectivity index (χ4v) is 2.48. The van der Waals surface area contributed by atoms with Gasteiger partial charge in [0, 0.05) is 5.54 Å². The summed E-state index contributed by atoms with van der Waals surface area (Å²) in [7, 11) is 0. The predicted octanol–water partition coefficient (Wildman–Crippen LogP) is 4.01. The molecule has 0 saturated carbocycles. The summed E-state index contributed by atoms with van der Waals surface area (Å²) in [5.41, 5.74) is -0.992. The fourth-order valence-electron chi connectivity index (χ4n) is 2.48. The molecule has 5 heteroatoms. The molecule has 1 fully saturated rings. The van der Waals surface area contributed by atoms with Gasteiger partial charge in [0.2, 0.25) is 0 Å². The third-order valence-electron chi connectivity index (χ3n) is 3.57. The molecule has 1 aromatic carbocycles. The van der Waals surface area contributed by atoms with Crippen molar-refractivity contribution in [3.63, 3.8) is 0 Å². The highest BCUT2D eigenvalue weighted by Crippen LogP contribution is 2.44. The Morgan fingerprint density at radius 1 is 1.28 bits per heavy atom. The highest BCUT2D eigenvalue weighted by atomic mass is 19.4. The largest absolute Gasteiger partial charge is 0.416 e. The van der Waals surface area contributed by atoms with Crippen molar-refractivity contribution < 1.29 is 18.4 Å². The van der Waals surface area contributed by atoms with E-state index in [1.54, 1.807) is 6.07 Å². The summed E-state index contributed by atoms with van der Waals surface area (Å²) in [6.45, 7) is 3.65. The second-order valence-electron chi connectivity index (χ2n) is 5.30. The molecule has 1 aliphatic rings. The molecule has 2 rings (SSSR count). The predicted molar refractivity (Wildman–Crippen MR) is 61.1 cm³/mol. The summed E-state index contributed by atoms with van der Waals surface area (Å²) in [4.78, 5) is 0. The zero-order valence-electron chi connectivity index (χ0n) is 10.3. The quantitative estimate of drug-likeness (QED) is 0.823. The molecular weight excluding hydrogens is 243 g/mol. The van der Waals surface area contributed by atoms with Crippen LogP contribution in [-0.2, 0) is 6.18 Å². The Bertz CT molecular complexity index is 442. The van der Waals surface area contributed by atoms with E-state index in [1.165, 1.54) is 12.1 Å². The first kappa shape index (κ1) is 13.4. The maximum absolute atomic E-state index is 12.9. The minimum absolute atomic E-state index is 0.151. The van der Waals surface area contributed by atoms with Gasteiger partial charge in [-0.25, -0.2) is 0 Å². The van der Waals surface area contributed by atoms with Gasteiger partial charge in [-0.1, -0.05) is 18.2 Å². The molecular formula is C13H16F3NO. The van der Waals surface area contributed by atoms with E-state index >= 15 is 0 Å². The maximum atomic E-state index is 12.9. The smallest absolute Gasteiger partial charge is 0.313 e. The van der Waals surface area contributed by atoms with Crippen LogP contribution in [0, 0.1) is 0 Å². The summed E-state index contributed by atoms with van der Waals surface area (Å²) in [6, 6.07) is 4.86. The first-order valence-electron chi connectivity index (χ1n) is 5.88. The van der Waals surface area contributed by atoms with Gasteiger partial charge in [0.05, 0.1) is 11.6 Å². The van der Waals surface area contributed by atoms with Crippen molar-refractivity contribution in [3.05, 3.63) is 35.4 Å². The van der Waals surface area contributed by atoms with Crippen LogP contribution in [0.5, 0.6) is 0 Å². The van der Waals surface area contributed by atoms with Gasteiger partial charge in [0.1, 0.15) is 0 Å². The van der Waals surface area contributed by atoms with Gasteiger partial charge in [-0.15, -0.1) is 0 Å². The highest BCUT2D eigenvalue weighted by Gasteiger charge is 2.43. The lowest BCUT2D eigenvalue weighted by atomic mass is 9.98. The van der Waals surface area contributed by atoms with Crippen LogP contribution < -0.4 is 0 Å². The van der Waals surface area contributed by atoms with E-state index in [1.807, 2.05) is 13.8 Å². The summed E-state index contributed by atoms with van der Waals surface area (Å²) < 4.78 is 38.8. The van der Waals surface area contributed by atoms with Crippen molar-refractivity contribution in [2.45, 2.75) is 44.4 Å². The third-order valence-corrected chi connectivity index (χ3v) is 3.57. The normalized spacial score (nSPS) is 24.4. The average Bonchev–Trinajstić information content (AvgIpc) is 2.53. The van der Waals surface area contributed by atoms with Crippen LogP contribution in [0.2, 0.25) is 0 Å². The van der Waals surface area contributed by atoms with Crippen LogP contribution in [0.4, 0.5) is 13.2 Å². The van der Waals surface area contributed by atoms with E-state index in [0.29, 0.717) is 12.8 Å². The fraction of sp³-hybridized carbons (Fsp3) is 0.538. The Morgan fingerprint density at radius 3 is 2.39 bits per heavy atom. The van der Waals surface area contributed by atoms with Gasteiger partial charge >= 0.3 is 6.18 Å².